The number of anilines is 1. The van der Waals surface area contributed by atoms with Gasteiger partial charge in [0.15, 0.2) is 0 Å². The van der Waals surface area contributed by atoms with Crippen molar-refractivity contribution >= 4 is 22.9 Å². The summed E-state index contributed by atoms with van der Waals surface area (Å²) in [5.41, 5.74) is 4.30. The van der Waals surface area contributed by atoms with Crippen molar-refractivity contribution in [3.63, 3.8) is 0 Å². The summed E-state index contributed by atoms with van der Waals surface area (Å²) in [6.45, 7) is 4.07. The summed E-state index contributed by atoms with van der Waals surface area (Å²) in [7, 11) is 0. The number of hydrogen-bond donors (Lipinski definition) is 1. The van der Waals surface area contributed by atoms with E-state index in [4.69, 9.17) is 0 Å². The molecule has 0 aliphatic rings. The van der Waals surface area contributed by atoms with Crippen LogP contribution in [-0.4, -0.2) is 5.91 Å². The van der Waals surface area contributed by atoms with E-state index < -0.39 is 0 Å². The molecule has 0 aliphatic carbocycles. The number of rotatable bonds is 3. The van der Waals surface area contributed by atoms with Crippen LogP contribution in [0, 0.1) is 13.8 Å². The van der Waals surface area contributed by atoms with E-state index in [-0.39, 0.29) is 5.91 Å². The monoisotopic (exact) mass is 245 g/mol. The van der Waals surface area contributed by atoms with Crippen molar-refractivity contribution in [1.82, 2.24) is 0 Å². The van der Waals surface area contributed by atoms with E-state index in [1.165, 1.54) is 5.56 Å². The first-order valence-electron chi connectivity index (χ1n) is 5.54. The maximum Gasteiger partial charge on any atom is 0.228 e. The first-order chi connectivity index (χ1) is 8.16. The van der Waals surface area contributed by atoms with Gasteiger partial charge in [0.25, 0.3) is 0 Å². The van der Waals surface area contributed by atoms with Crippen LogP contribution in [0.1, 0.15) is 16.7 Å². The van der Waals surface area contributed by atoms with Crippen molar-refractivity contribution in [2.75, 3.05) is 5.32 Å². The van der Waals surface area contributed by atoms with Gasteiger partial charge in [0.2, 0.25) is 5.91 Å². The fourth-order valence-corrected chi connectivity index (χ4v) is 2.33. The zero-order valence-electron chi connectivity index (χ0n) is 9.99. The van der Waals surface area contributed by atoms with Gasteiger partial charge < -0.3 is 5.32 Å². The molecule has 2 rings (SSSR count). The van der Waals surface area contributed by atoms with Crippen molar-refractivity contribution in [3.8, 4) is 0 Å². The Hall–Kier alpha value is -1.61. The van der Waals surface area contributed by atoms with Crippen LogP contribution in [-0.2, 0) is 11.2 Å². The quantitative estimate of drug-likeness (QED) is 0.880. The Labute approximate surface area is 105 Å². The average Bonchev–Trinajstić information content (AvgIpc) is 2.77. The minimum atomic E-state index is 0.0390. The van der Waals surface area contributed by atoms with Crippen molar-refractivity contribution < 1.29 is 4.79 Å². The van der Waals surface area contributed by atoms with Crippen LogP contribution < -0.4 is 5.32 Å². The van der Waals surface area contributed by atoms with Crippen molar-refractivity contribution in [3.05, 3.63) is 51.7 Å². The summed E-state index contributed by atoms with van der Waals surface area (Å²) in [5.74, 6) is 0.0390. The van der Waals surface area contributed by atoms with Crippen LogP contribution in [0.4, 0.5) is 5.69 Å². The summed E-state index contributed by atoms with van der Waals surface area (Å²) in [6.07, 6.45) is 0.441. The fourth-order valence-electron chi connectivity index (χ4n) is 1.66. The molecule has 2 nitrogen and oxygen atoms in total. The van der Waals surface area contributed by atoms with E-state index in [9.17, 15) is 4.79 Å². The Morgan fingerprint density at radius 3 is 2.82 bits per heavy atom. The van der Waals surface area contributed by atoms with Gasteiger partial charge in [-0.2, -0.15) is 11.3 Å². The number of thiophene rings is 1. The van der Waals surface area contributed by atoms with Crippen molar-refractivity contribution in [1.29, 1.82) is 0 Å². The van der Waals surface area contributed by atoms with Crippen LogP contribution in [0.3, 0.4) is 0 Å². The molecule has 1 heterocycles. The molecular formula is C14H15NOS. The van der Waals surface area contributed by atoms with E-state index >= 15 is 0 Å². The van der Waals surface area contributed by atoms with E-state index in [0.29, 0.717) is 6.42 Å². The molecule has 2 aromatic rings. The second kappa shape index (κ2) is 5.15. The Morgan fingerprint density at radius 2 is 2.12 bits per heavy atom. The van der Waals surface area contributed by atoms with Gasteiger partial charge in [0.05, 0.1) is 6.42 Å². The molecule has 0 aliphatic heterocycles. The summed E-state index contributed by atoms with van der Waals surface area (Å²) in [5, 5.41) is 6.94. The highest BCUT2D eigenvalue weighted by Gasteiger charge is 2.06. The lowest BCUT2D eigenvalue weighted by Gasteiger charge is -2.09. The van der Waals surface area contributed by atoms with E-state index in [1.807, 2.05) is 48.9 Å². The highest BCUT2D eigenvalue weighted by molar-refractivity contribution is 7.08. The first kappa shape index (κ1) is 11.9. The molecule has 0 unspecified atom stereocenters. The van der Waals surface area contributed by atoms with Gasteiger partial charge in [-0.1, -0.05) is 12.1 Å². The molecule has 0 saturated heterocycles. The van der Waals surface area contributed by atoms with E-state index in [1.54, 1.807) is 11.3 Å². The third kappa shape index (κ3) is 2.94. The van der Waals surface area contributed by atoms with Crippen LogP contribution in [0.25, 0.3) is 0 Å². The maximum atomic E-state index is 11.8. The molecule has 88 valence electrons. The molecule has 1 N–H and O–H groups in total. The van der Waals surface area contributed by atoms with Gasteiger partial charge >= 0.3 is 0 Å². The highest BCUT2D eigenvalue weighted by atomic mass is 32.1. The molecule has 3 heteroatoms. The predicted octanol–water partition coefficient (Wildman–Crippen LogP) is 3.55. The zero-order valence-corrected chi connectivity index (χ0v) is 10.8. The third-order valence-corrected chi connectivity index (χ3v) is 3.56. The summed E-state index contributed by atoms with van der Waals surface area (Å²) >= 11 is 1.61. The van der Waals surface area contributed by atoms with Crippen molar-refractivity contribution in [2.24, 2.45) is 0 Å². The third-order valence-electron chi connectivity index (χ3n) is 2.82. The number of nitrogens with one attached hydrogen (secondary N) is 1. The number of aryl methyl sites for hydroxylation is 1. The van der Waals surface area contributed by atoms with Gasteiger partial charge in [0.1, 0.15) is 0 Å². The molecule has 1 aromatic carbocycles. The highest BCUT2D eigenvalue weighted by Crippen LogP contribution is 2.18. The van der Waals surface area contributed by atoms with Crippen LogP contribution >= 0.6 is 11.3 Å². The number of benzene rings is 1. The first-order valence-corrected chi connectivity index (χ1v) is 6.48. The molecule has 17 heavy (non-hydrogen) atoms. The van der Waals surface area contributed by atoms with E-state index in [0.717, 1.165) is 16.8 Å². The minimum Gasteiger partial charge on any atom is -0.326 e. The smallest absolute Gasteiger partial charge is 0.228 e. The topological polar surface area (TPSA) is 29.1 Å². The molecule has 0 atom stereocenters. The summed E-state index contributed by atoms with van der Waals surface area (Å²) in [6, 6.07) is 7.92. The van der Waals surface area contributed by atoms with Gasteiger partial charge in [0, 0.05) is 5.69 Å². The van der Waals surface area contributed by atoms with Crippen LogP contribution in [0.15, 0.2) is 35.0 Å². The Balaban J connectivity index is 2.06. The lowest BCUT2D eigenvalue weighted by atomic mass is 10.1. The van der Waals surface area contributed by atoms with Gasteiger partial charge in [-0.15, -0.1) is 0 Å². The Bertz CT molecular complexity index is 517. The average molecular weight is 245 g/mol. The number of hydrogen-bond acceptors (Lipinski definition) is 2. The Morgan fingerprint density at radius 1 is 1.29 bits per heavy atom. The molecule has 1 amide bonds. The normalized spacial score (nSPS) is 10.2. The lowest BCUT2D eigenvalue weighted by molar-refractivity contribution is -0.115. The molecular weight excluding hydrogens is 230 g/mol. The predicted molar refractivity (Wildman–Crippen MR) is 72.6 cm³/mol. The standard InChI is InChI=1S/C14H15NOS/c1-10-4-3-5-13(11(10)2)15-14(16)8-12-6-7-17-9-12/h3-7,9H,8H2,1-2H3,(H,15,16). The van der Waals surface area contributed by atoms with Crippen LogP contribution in [0.2, 0.25) is 0 Å². The molecule has 0 fully saturated rings. The molecule has 1 aromatic heterocycles. The largest absolute Gasteiger partial charge is 0.326 e. The molecule has 0 spiro atoms. The Kier molecular flexibility index (Phi) is 3.59. The van der Waals surface area contributed by atoms with Crippen molar-refractivity contribution in [2.45, 2.75) is 20.3 Å². The molecule has 0 bridgehead atoms. The van der Waals surface area contributed by atoms with Gasteiger partial charge in [-0.05, 0) is 53.4 Å². The number of carbonyl (C=O) groups excluding carboxylic acids is 1. The summed E-state index contributed by atoms with van der Waals surface area (Å²) in [4.78, 5) is 11.8. The lowest BCUT2D eigenvalue weighted by Crippen LogP contribution is -2.15. The van der Waals surface area contributed by atoms with Crippen LogP contribution in [0.5, 0.6) is 0 Å². The summed E-state index contributed by atoms with van der Waals surface area (Å²) < 4.78 is 0. The maximum absolute atomic E-state index is 11.8. The number of carbonyl (C=O) groups is 1. The SMILES string of the molecule is Cc1cccc(NC(=O)Cc2ccsc2)c1C. The van der Waals surface area contributed by atoms with Gasteiger partial charge in [-0.25, -0.2) is 0 Å². The molecule has 0 radical (unpaired) electrons. The number of amides is 1. The van der Waals surface area contributed by atoms with E-state index in [2.05, 4.69) is 5.32 Å². The zero-order chi connectivity index (χ0) is 12.3. The fraction of sp³-hybridized carbons (Fsp3) is 0.214. The van der Waals surface area contributed by atoms with Gasteiger partial charge in [-0.3, -0.25) is 4.79 Å². The minimum absolute atomic E-state index is 0.0390. The second-order valence-corrected chi connectivity index (χ2v) is 4.88. The molecule has 0 saturated carbocycles. The second-order valence-electron chi connectivity index (χ2n) is 4.10.